The Morgan fingerprint density at radius 2 is 2.00 bits per heavy atom. The van der Waals surface area contributed by atoms with E-state index in [1.807, 2.05) is 30.3 Å². The third-order valence-corrected chi connectivity index (χ3v) is 3.37. The Morgan fingerprint density at radius 1 is 1.10 bits per heavy atom. The first kappa shape index (κ1) is 12.8. The van der Waals surface area contributed by atoms with Crippen molar-refractivity contribution < 1.29 is 4.74 Å². The van der Waals surface area contributed by atoms with Gasteiger partial charge in [0.2, 0.25) is 0 Å². The van der Waals surface area contributed by atoms with Gasteiger partial charge in [0.05, 0.1) is 16.2 Å². The van der Waals surface area contributed by atoms with Crippen molar-refractivity contribution in [1.29, 1.82) is 0 Å². The summed E-state index contributed by atoms with van der Waals surface area (Å²) in [6, 6.07) is 15.3. The van der Waals surface area contributed by atoms with E-state index in [0.29, 0.717) is 23.1 Å². The maximum absolute atomic E-state index is 5.96. The molecule has 0 fully saturated rings. The van der Waals surface area contributed by atoms with Crippen molar-refractivity contribution in [2.45, 2.75) is 6.61 Å². The van der Waals surface area contributed by atoms with E-state index in [1.165, 1.54) is 0 Å². The van der Waals surface area contributed by atoms with Crippen molar-refractivity contribution in [2.75, 3.05) is 5.73 Å². The van der Waals surface area contributed by atoms with Crippen LogP contribution in [0.1, 0.15) is 5.56 Å². The van der Waals surface area contributed by atoms with E-state index in [-0.39, 0.29) is 0 Å². The van der Waals surface area contributed by atoms with Gasteiger partial charge >= 0.3 is 0 Å². The van der Waals surface area contributed by atoms with E-state index < -0.39 is 0 Å². The molecular formula is C16H13ClN2O. The van der Waals surface area contributed by atoms with Gasteiger partial charge in [-0.3, -0.25) is 4.98 Å². The molecular weight excluding hydrogens is 272 g/mol. The van der Waals surface area contributed by atoms with Crippen LogP contribution in [0.25, 0.3) is 10.9 Å². The first-order chi connectivity index (χ1) is 9.72. The second kappa shape index (κ2) is 5.39. The van der Waals surface area contributed by atoms with E-state index in [9.17, 15) is 0 Å². The van der Waals surface area contributed by atoms with E-state index >= 15 is 0 Å². The molecule has 3 nitrogen and oxygen atoms in total. The molecule has 0 aliphatic heterocycles. The minimum absolute atomic E-state index is 0.477. The summed E-state index contributed by atoms with van der Waals surface area (Å²) < 4.78 is 5.72. The van der Waals surface area contributed by atoms with Crippen molar-refractivity contribution >= 4 is 28.2 Å². The number of ether oxygens (including phenoxy) is 1. The highest BCUT2D eigenvalue weighted by atomic mass is 35.5. The number of nitrogens with zero attached hydrogens (tertiary/aromatic N) is 1. The van der Waals surface area contributed by atoms with Crippen molar-refractivity contribution in [1.82, 2.24) is 4.98 Å². The number of rotatable bonds is 3. The summed E-state index contributed by atoms with van der Waals surface area (Å²) >= 11 is 5.96. The molecule has 0 aliphatic rings. The highest BCUT2D eigenvalue weighted by molar-refractivity contribution is 6.33. The summed E-state index contributed by atoms with van der Waals surface area (Å²) in [7, 11) is 0. The van der Waals surface area contributed by atoms with Crippen LogP contribution < -0.4 is 10.5 Å². The lowest BCUT2D eigenvalue weighted by molar-refractivity contribution is 0.306. The third kappa shape index (κ3) is 2.68. The summed E-state index contributed by atoms with van der Waals surface area (Å²) in [6.07, 6.45) is 1.79. The Balaban J connectivity index is 1.77. The number of benzene rings is 2. The van der Waals surface area contributed by atoms with Gasteiger partial charge < -0.3 is 10.5 Å². The van der Waals surface area contributed by atoms with Crippen LogP contribution >= 0.6 is 11.6 Å². The van der Waals surface area contributed by atoms with E-state index in [0.717, 1.165) is 16.5 Å². The quantitative estimate of drug-likeness (QED) is 0.738. The molecule has 0 aliphatic carbocycles. The van der Waals surface area contributed by atoms with Gasteiger partial charge in [-0.25, -0.2) is 0 Å². The summed E-state index contributed by atoms with van der Waals surface area (Å²) in [5.41, 5.74) is 8.28. The zero-order chi connectivity index (χ0) is 13.9. The molecule has 0 atom stereocenters. The summed E-state index contributed by atoms with van der Waals surface area (Å²) in [6.45, 7) is 0.477. The van der Waals surface area contributed by atoms with Crippen LogP contribution in [0.5, 0.6) is 5.75 Å². The molecule has 20 heavy (non-hydrogen) atoms. The fraction of sp³-hybridized carbons (Fsp3) is 0.0625. The highest BCUT2D eigenvalue weighted by Gasteiger charge is 2.01. The molecule has 0 unspecified atom stereocenters. The fourth-order valence-corrected chi connectivity index (χ4v) is 2.15. The molecule has 3 rings (SSSR count). The second-order valence-electron chi connectivity index (χ2n) is 4.50. The van der Waals surface area contributed by atoms with Crippen LogP contribution in [-0.4, -0.2) is 4.98 Å². The normalized spacial score (nSPS) is 10.7. The molecule has 0 radical (unpaired) electrons. The van der Waals surface area contributed by atoms with Crippen LogP contribution in [0.3, 0.4) is 0 Å². The molecule has 2 N–H and O–H groups in total. The van der Waals surface area contributed by atoms with Crippen LogP contribution in [0, 0.1) is 0 Å². The third-order valence-electron chi connectivity index (χ3n) is 3.04. The lowest BCUT2D eigenvalue weighted by Crippen LogP contribution is -1.96. The van der Waals surface area contributed by atoms with Gasteiger partial charge in [-0.05, 0) is 35.9 Å². The Morgan fingerprint density at radius 3 is 2.85 bits per heavy atom. The smallest absolute Gasteiger partial charge is 0.121 e. The second-order valence-corrected chi connectivity index (χ2v) is 4.91. The Labute approximate surface area is 122 Å². The zero-order valence-corrected chi connectivity index (χ0v) is 11.5. The number of halogens is 1. The van der Waals surface area contributed by atoms with Gasteiger partial charge in [-0.15, -0.1) is 0 Å². The minimum atomic E-state index is 0.477. The number of pyridine rings is 1. The van der Waals surface area contributed by atoms with Gasteiger partial charge in [0.25, 0.3) is 0 Å². The molecule has 0 saturated heterocycles. The predicted molar refractivity (Wildman–Crippen MR) is 81.9 cm³/mol. The molecule has 3 aromatic rings. The van der Waals surface area contributed by atoms with Gasteiger partial charge in [0.1, 0.15) is 12.4 Å². The van der Waals surface area contributed by atoms with Gasteiger partial charge in [-0.2, -0.15) is 0 Å². The maximum atomic E-state index is 5.96. The molecule has 0 saturated carbocycles. The van der Waals surface area contributed by atoms with Crippen molar-refractivity contribution in [2.24, 2.45) is 0 Å². The van der Waals surface area contributed by atoms with Crippen molar-refractivity contribution in [3.05, 3.63) is 65.3 Å². The predicted octanol–water partition coefficient (Wildman–Crippen LogP) is 4.05. The first-order valence-electron chi connectivity index (χ1n) is 6.24. The van der Waals surface area contributed by atoms with Gasteiger partial charge in [0.15, 0.2) is 0 Å². The molecule has 100 valence electrons. The summed E-state index contributed by atoms with van der Waals surface area (Å²) in [5.74, 6) is 0.704. The average Bonchev–Trinajstić information content (AvgIpc) is 2.48. The molecule has 0 bridgehead atoms. The Hall–Kier alpha value is -2.26. The van der Waals surface area contributed by atoms with Crippen molar-refractivity contribution in [3.63, 3.8) is 0 Å². The van der Waals surface area contributed by atoms with Crippen LogP contribution in [0.2, 0.25) is 5.02 Å². The molecule has 1 aromatic heterocycles. The van der Waals surface area contributed by atoms with Crippen LogP contribution in [0.15, 0.2) is 54.7 Å². The summed E-state index contributed by atoms with van der Waals surface area (Å²) in [5, 5.41) is 1.61. The average molecular weight is 285 g/mol. The number of anilines is 1. The Bertz CT molecular complexity index is 758. The number of nitrogen functional groups attached to an aromatic ring is 1. The van der Waals surface area contributed by atoms with Crippen LogP contribution in [0.4, 0.5) is 5.69 Å². The lowest BCUT2D eigenvalue weighted by atomic mass is 10.1. The molecule has 0 amide bonds. The SMILES string of the molecule is Nc1ccc(OCc2ccc3ncccc3c2)cc1Cl. The van der Waals surface area contributed by atoms with Gasteiger partial charge in [-0.1, -0.05) is 23.7 Å². The van der Waals surface area contributed by atoms with Crippen LogP contribution in [-0.2, 0) is 6.61 Å². The number of fused-ring (bicyclic) bond motifs is 1. The standard InChI is InChI=1S/C16H13ClN2O/c17-14-9-13(4-5-15(14)18)20-10-11-3-6-16-12(8-11)2-1-7-19-16/h1-9H,10,18H2. The molecule has 0 spiro atoms. The largest absolute Gasteiger partial charge is 0.489 e. The Kier molecular flexibility index (Phi) is 3.44. The molecule has 2 aromatic carbocycles. The fourth-order valence-electron chi connectivity index (χ4n) is 1.98. The molecule has 4 heteroatoms. The van der Waals surface area contributed by atoms with E-state index in [1.54, 1.807) is 18.3 Å². The van der Waals surface area contributed by atoms with Crippen molar-refractivity contribution in [3.8, 4) is 5.75 Å². The monoisotopic (exact) mass is 284 g/mol. The first-order valence-corrected chi connectivity index (χ1v) is 6.62. The highest BCUT2D eigenvalue weighted by Crippen LogP contribution is 2.25. The van der Waals surface area contributed by atoms with E-state index in [4.69, 9.17) is 22.1 Å². The molecule has 1 heterocycles. The number of aromatic nitrogens is 1. The minimum Gasteiger partial charge on any atom is -0.489 e. The summed E-state index contributed by atoms with van der Waals surface area (Å²) in [4.78, 5) is 4.29. The number of hydrogen-bond acceptors (Lipinski definition) is 3. The maximum Gasteiger partial charge on any atom is 0.121 e. The van der Waals surface area contributed by atoms with Gasteiger partial charge in [0, 0.05) is 17.6 Å². The van der Waals surface area contributed by atoms with E-state index in [2.05, 4.69) is 11.1 Å². The number of nitrogens with two attached hydrogens (primary N) is 1. The zero-order valence-electron chi connectivity index (χ0n) is 10.7. The number of hydrogen-bond donors (Lipinski definition) is 1. The topological polar surface area (TPSA) is 48.1 Å². The lowest BCUT2D eigenvalue weighted by Gasteiger charge is -2.08.